The van der Waals surface area contributed by atoms with E-state index < -0.39 is 0 Å². The second-order valence-electron chi connectivity index (χ2n) is 3.65. The summed E-state index contributed by atoms with van der Waals surface area (Å²) in [5, 5.41) is 8.29. The first-order valence-electron chi connectivity index (χ1n) is 6.43. The van der Waals surface area contributed by atoms with Gasteiger partial charge in [0.1, 0.15) is 0 Å². The molecule has 0 fully saturated rings. The average molecular weight is 263 g/mol. The van der Waals surface area contributed by atoms with Crippen molar-refractivity contribution in [3.05, 3.63) is 35.9 Å². The molecule has 0 N–H and O–H groups in total. The molecule has 0 amide bonds. The normalized spacial score (nSPS) is 8.89. The summed E-state index contributed by atoms with van der Waals surface area (Å²) in [5.41, 5.74) is 0.715. The van der Waals surface area contributed by atoms with Crippen molar-refractivity contribution in [3.8, 4) is 6.07 Å². The summed E-state index contributed by atoms with van der Waals surface area (Å²) in [6.07, 6.45) is 1.24. The predicted octanol–water partition coefficient (Wildman–Crippen LogP) is 2.92. The first-order valence-corrected chi connectivity index (χ1v) is 6.43. The first kappa shape index (κ1) is 17.1. The van der Waals surface area contributed by atoms with E-state index in [0.29, 0.717) is 31.8 Å². The standard InChI is InChI=1S/C8H16O3.C7H5N/c1-3-6-11-8(9)5-7-10-4-2;8-6-7-4-2-1-3-5-7/h3-7H2,1-2H3;1-5H. The maximum atomic E-state index is 10.8. The van der Waals surface area contributed by atoms with Crippen LogP contribution in [0.5, 0.6) is 0 Å². The summed E-state index contributed by atoms with van der Waals surface area (Å²) in [5.74, 6) is -0.166. The van der Waals surface area contributed by atoms with Gasteiger partial charge in [0.25, 0.3) is 0 Å². The summed E-state index contributed by atoms with van der Waals surface area (Å²) in [6, 6.07) is 11.2. The van der Waals surface area contributed by atoms with Crippen LogP contribution in [0.4, 0.5) is 0 Å². The van der Waals surface area contributed by atoms with E-state index in [1.165, 1.54) is 0 Å². The van der Waals surface area contributed by atoms with Crippen LogP contribution in [0.15, 0.2) is 30.3 Å². The summed E-state index contributed by atoms with van der Waals surface area (Å²) < 4.78 is 9.80. The van der Waals surface area contributed by atoms with Gasteiger partial charge < -0.3 is 9.47 Å². The monoisotopic (exact) mass is 263 g/mol. The van der Waals surface area contributed by atoms with Crippen LogP contribution >= 0.6 is 0 Å². The number of rotatable bonds is 6. The van der Waals surface area contributed by atoms with Crippen LogP contribution in [0.25, 0.3) is 0 Å². The Morgan fingerprint density at radius 2 is 1.89 bits per heavy atom. The van der Waals surface area contributed by atoms with Crippen LogP contribution < -0.4 is 0 Å². The Kier molecular flexibility index (Phi) is 11.4. The van der Waals surface area contributed by atoms with E-state index in [9.17, 15) is 4.79 Å². The Morgan fingerprint density at radius 1 is 1.21 bits per heavy atom. The van der Waals surface area contributed by atoms with Crippen molar-refractivity contribution in [1.29, 1.82) is 5.26 Å². The zero-order valence-electron chi connectivity index (χ0n) is 11.6. The number of carbonyl (C=O) groups is 1. The van der Waals surface area contributed by atoms with Gasteiger partial charge in [0.05, 0.1) is 31.3 Å². The summed E-state index contributed by atoms with van der Waals surface area (Å²) >= 11 is 0. The third-order valence-corrected chi connectivity index (χ3v) is 2.02. The predicted molar refractivity (Wildman–Crippen MR) is 73.5 cm³/mol. The van der Waals surface area contributed by atoms with Crippen molar-refractivity contribution in [1.82, 2.24) is 0 Å². The average Bonchev–Trinajstić information content (AvgIpc) is 2.47. The molecule has 0 radical (unpaired) electrons. The smallest absolute Gasteiger partial charge is 0.308 e. The van der Waals surface area contributed by atoms with Crippen molar-refractivity contribution >= 4 is 5.97 Å². The van der Waals surface area contributed by atoms with Crippen LogP contribution in [-0.2, 0) is 14.3 Å². The van der Waals surface area contributed by atoms with Gasteiger partial charge in [0.2, 0.25) is 0 Å². The van der Waals surface area contributed by atoms with Crippen molar-refractivity contribution in [2.24, 2.45) is 0 Å². The number of ether oxygens (including phenoxy) is 2. The van der Waals surface area contributed by atoms with Gasteiger partial charge in [-0.3, -0.25) is 4.79 Å². The molecule has 1 aromatic rings. The maximum absolute atomic E-state index is 10.8. The number of hydrogen-bond donors (Lipinski definition) is 0. The molecule has 4 heteroatoms. The Labute approximate surface area is 115 Å². The van der Waals surface area contributed by atoms with Crippen LogP contribution in [0.3, 0.4) is 0 Å². The maximum Gasteiger partial charge on any atom is 0.308 e. The molecule has 104 valence electrons. The van der Waals surface area contributed by atoms with Crippen molar-refractivity contribution in [2.45, 2.75) is 26.7 Å². The Morgan fingerprint density at radius 3 is 2.37 bits per heavy atom. The molecule has 4 nitrogen and oxygen atoms in total. The van der Waals surface area contributed by atoms with E-state index in [1.807, 2.05) is 38.1 Å². The highest BCUT2D eigenvalue weighted by atomic mass is 16.5. The molecule has 0 aliphatic heterocycles. The van der Waals surface area contributed by atoms with Crippen molar-refractivity contribution in [3.63, 3.8) is 0 Å². The minimum Gasteiger partial charge on any atom is -0.466 e. The van der Waals surface area contributed by atoms with E-state index in [0.717, 1.165) is 6.42 Å². The second-order valence-corrected chi connectivity index (χ2v) is 3.65. The molecule has 0 bridgehead atoms. The van der Waals surface area contributed by atoms with Gasteiger partial charge in [-0.1, -0.05) is 25.1 Å². The van der Waals surface area contributed by atoms with E-state index in [1.54, 1.807) is 12.1 Å². The molecule has 0 heterocycles. The van der Waals surface area contributed by atoms with Gasteiger partial charge >= 0.3 is 5.97 Å². The Bertz CT molecular complexity index is 371. The highest BCUT2D eigenvalue weighted by molar-refractivity contribution is 5.69. The van der Waals surface area contributed by atoms with Crippen molar-refractivity contribution < 1.29 is 14.3 Å². The third kappa shape index (κ3) is 11.0. The van der Waals surface area contributed by atoms with E-state index in [2.05, 4.69) is 0 Å². The molecule has 0 saturated carbocycles. The minimum atomic E-state index is -0.166. The lowest BCUT2D eigenvalue weighted by atomic mass is 10.2. The third-order valence-electron chi connectivity index (χ3n) is 2.02. The van der Waals surface area contributed by atoms with Crippen molar-refractivity contribution in [2.75, 3.05) is 19.8 Å². The number of nitrogens with zero attached hydrogens (tertiary/aromatic N) is 1. The SMILES string of the molecule is CCCOC(=O)CCOCC.N#Cc1ccccc1. The number of esters is 1. The van der Waals surface area contributed by atoms with Gasteiger partial charge in [-0.05, 0) is 25.5 Å². The summed E-state index contributed by atoms with van der Waals surface area (Å²) in [6.45, 7) is 5.51. The van der Waals surface area contributed by atoms with Crippen LogP contribution in [0, 0.1) is 11.3 Å². The molecule has 1 aromatic carbocycles. The lowest BCUT2D eigenvalue weighted by Crippen LogP contribution is -2.08. The van der Waals surface area contributed by atoms with Crippen LogP contribution in [0.2, 0.25) is 0 Å². The van der Waals surface area contributed by atoms with E-state index in [-0.39, 0.29) is 5.97 Å². The van der Waals surface area contributed by atoms with Gasteiger partial charge in [0, 0.05) is 6.61 Å². The lowest BCUT2D eigenvalue weighted by Gasteiger charge is -2.02. The molecule has 19 heavy (non-hydrogen) atoms. The second kappa shape index (κ2) is 12.6. The van der Waals surface area contributed by atoms with Crippen LogP contribution in [0.1, 0.15) is 32.3 Å². The number of nitriles is 1. The molecule has 1 rings (SSSR count). The fourth-order valence-electron chi connectivity index (χ4n) is 1.10. The molecule has 0 atom stereocenters. The Hall–Kier alpha value is -1.86. The highest BCUT2D eigenvalue weighted by Crippen LogP contribution is 1.93. The topological polar surface area (TPSA) is 59.3 Å². The fourth-order valence-corrected chi connectivity index (χ4v) is 1.10. The quantitative estimate of drug-likeness (QED) is 0.585. The van der Waals surface area contributed by atoms with Gasteiger partial charge in [0.15, 0.2) is 0 Å². The molecule has 0 aliphatic rings. The van der Waals surface area contributed by atoms with Gasteiger partial charge in [-0.2, -0.15) is 5.26 Å². The zero-order chi connectivity index (χ0) is 14.3. The molecule has 0 aromatic heterocycles. The molecule has 0 spiro atoms. The summed E-state index contributed by atoms with van der Waals surface area (Å²) in [4.78, 5) is 10.8. The molecule has 0 unspecified atom stereocenters. The van der Waals surface area contributed by atoms with Gasteiger partial charge in [-0.15, -0.1) is 0 Å². The molecular formula is C15H21NO3. The highest BCUT2D eigenvalue weighted by Gasteiger charge is 1.99. The number of benzene rings is 1. The lowest BCUT2D eigenvalue weighted by molar-refractivity contribution is -0.144. The Balaban J connectivity index is 0.000000356. The molecular weight excluding hydrogens is 242 g/mol. The van der Waals surface area contributed by atoms with Crippen LogP contribution in [-0.4, -0.2) is 25.8 Å². The number of hydrogen-bond acceptors (Lipinski definition) is 4. The molecule has 0 aliphatic carbocycles. The molecule has 0 saturated heterocycles. The fraction of sp³-hybridized carbons (Fsp3) is 0.467. The van der Waals surface area contributed by atoms with Gasteiger partial charge in [-0.25, -0.2) is 0 Å². The van der Waals surface area contributed by atoms with E-state index in [4.69, 9.17) is 14.7 Å². The van der Waals surface area contributed by atoms with E-state index >= 15 is 0 Å². The summed E-state index contributed by atoms with van der Waals surface area (Å²) in [7, 11) is 0. The zero-order valence-corrected chi connectivity index (χ0v) is 11.6. The minimum absolute atomic E-state index is 0.166. The first-order chi connectivity index (χ1) is 9.24. The largest absolute Gasteiger partial charge is 0.466 e. The number of carbonyl (C=O) groups excluding carboxylic acids is 1.